The van der Waals surface area contributed by atoms with Gasteiger partial charge in [0.25, 0.3) is 0 Å². The second-order valence-corrected chi connectivity index (χ2v) is 7.17. The molecule has 5 nitrogen and oxygen atoms in total. The van der Waals surface area contributed by atoms with Gasteiger partial charge < -0.3 is 20.1 Å². The first-order chi connectivity index (χ1) is 12.1. The number of carbonyl (C=O) groups excluding carboxylic acids is 1. The summed E-state index contributed by atoms with van der Waals surface area (Å²) in [6, 6.07) is 10.7. The Morgan fingerprint density at radius 1 is 1.24 bits per heavy atom. The number of carbonyl (C=O) groups is 1. The Kier molecular flexibility index (Phi) is 8.04. The molecule has 0 aliphatic rings. The van der Waals surface area contributed by atoms with E-state index in [-0.39, 0.29) is 12.1 Å². The number of urea groups is 1. The molecule has 0 saturated carbocycles. The SMILES string of the molecule is CCCCOc1ccc(NC(=O)NCC(OC)c2ccc(Cl)s2)cc1. The first-order valence-corrected chi connectivity index (χ1v) is 9.37. The molecule has 0 fully saturated rings. The van der Waals surface area contributed by atoms with E-state index in [1.54, 1.807) is 7.11 Å². The van der Waals surface area contributed by atoms with Crippen LogP contribution < -0.4 is 15.4 Å². The summed E-state index contributed by atoms with van der Waals surface area (Å²) in [5, 5.41) is 5.59. The number of amides is 2. The van der Waals surface area contributed by atoms with Crippen LogP contribution in [0.5, 0.6) is 5.75 Å². The van der Waals surface area contributed by atoms with Crippen molar-refractivity contribution >= 4 is 34.7 Å². The summed E-state index contributed by atoms with van der Waals surface area (Å²) in [6.45, 7) is 3.18. The molecule has 1 aromatic carbocycles. The van der Waals surface area contributed by atoms with E-state index in [1.807, 2.05) is 36.4 Å². The van der Waals surface area contributed by atoms with Gasteiger partial charge >= 0.3 is 6.03 Å². The first kappa shape index (κ1) is 19.6. The monoisotopic (exact) mass is 382 g/mol. The van der Waals surface area contributed by atoms with Gasteiger partial charge in [-0.1, -0.05) is 24.9 Å². The number of hydrogen-bond donors (Lipinski definition) is 2. The molecular weight excluding hydrogens is 360 g/mol. The fraction of sp³-hybridized carbons (Fsp3) is 0.389. The van der Waals surface area contributed by atoms with Gasteiger partial charge in [-0.2, -0.15) is 0 Å². The second-order valence-electron chi connectivity index (χ2n) is 5.43. The number of ether oxygens (including phenoxy) is 2. The van der Waals surface area contributed by atoms with Crippen molar-refractivity contribution in [1.29, 1.82) is 0 Å². The Morgan fingerprint density at radius 2 is 2.00 bits per heavy atom. The van der Waals surface area contributed by atoms with Gasteiger partial charge in [0.15, 0.2) is 0 Å². The van der Waals surface area contributed by atoms with Gasteiger partial charge in [0, 0.05) is 17.7 Å². The summed E-state index contributed by atoms with van der Waals surface area (Å²) >= 11 is 7.38. The topological polar surface area (TPSA) is 59.6 Å². The van der Waals surface area contributed by atoms with Gasteiger partial charge in [0.2, 0.25) is 0 Å². The predicted molar refractivity (Wildman–Crippen MR) is 103 cm³/mol. The Labute approximate surface area is 157 Å². The maximum atomic E-state index is 12.0. The molecule has 0 radical (unpaired) electrons. The number of benzene rings is 1. The van der Waals surface area contributed by atoms with Crippen LogP contribution in [-0.4, -0.2) is 26.3 Å². The summed E-state index contributed by atoms with van der Waals surface area (Å²) in [5.74, 6) is 0.799. The zero-order valence-electron chi connectivity index (χ0n) is 14.4. The minimum atomic E-state index is -0.288. The zero-order chi connectivity index (χ0) is 18.1. The zero-order valence-corrected chi connectivity index (χ0v) is 16.0. The third kappa shape index (κ3) is 6.57. The van der Waals surface area contributed by atoms with Crippen molar-refractivity contribution < 1.29 is 14.3 Å². The van der Waals surface area contributed by atoms with Gasteiger partial charge in [-0.15, -0.1) is 11.3 Å². The number of methoxy groups -OCH3 is 1. The van der Waals surface area contributed by atoms with Crippen LogP contribution in [0.25, 0.3) is 0 Å². The third-order valence-electron chi connectivity index (χ3n) is 3.52. The third-order valence-corrected chi connectivity index (χ3v) is 4.85. The maximum Gasteiger partial charge on any atom is 0.319 e. The quantitative estimate of drug-likeness (QED) is 0.594. The van der Waals surface area contributed by atoms with Crippen molar-refractivity contribution in [3.8, 4) is 5.75 Å². The number of rotatable bonds is 9. The lowest BCUT2D eigenvalue weighted by molar-refractivity contribution is 0.107. The van der Waals surface area contributed by atoms with Crippen LogP contribution in [0.1, 0.15) is 30.7 Å². The number of halogens is 1. The van der Waals surface area contributed by atoms with Crippen LogP contribution in [0.2, 0.25) is 4.34 Å². The van der Waals surface area contributed by atoms with Crippen LogP contribution in [0.4, 0.5) is 10.5 Å². The van der Waals surface area contributed by atoms with Crippen molar-refractivity contribution in [1.82, 2.24) is 5.32 Å². The van der Waals surface area contributed by atoms with Crippen LogP contribution in [0, 0.1) is 0 Å². The fourth-order valence-electron chi connectivity index (χ4n) is 2.13. The highest BCUT2D eigenvalue weighted by molar-refractivity contribution is 7.16. The number of hydrogen-bond acceptors (Lipinski definition) is 4. The van der Waals surface area contributed by atoms with Gasteiger partial charge in [-0.3, -0.25) is 0 Å². The van der Waals surface area contributed by atoms with Gasteiger partial charge in [-0.05, 0) is 42.8 Å². The Hall–Kier alpha value is -1.76. The Bertz CT molecular complexity index is 661. The largest absolute Gasteiger partial charge is 0.494 e. The van der Waals surface area contributed by atoms with Crippen LogP contribution in [-0.2, 0) is 4.74 Å². The molecule has 0 aliphatic heterocycles. The summed E-state index contributed by atoms with van der Waals surface area (Å²) in [7, 11) is 1.61. The Balaban J connectivity index is 1.79. The first-order valence-electron chi connectivity index (χ1n) is 8.18. The van der Waals surface area contributed by atoms with E-state index in [0.29, 0.717) is 23.2 Å². The molecule has 25 heavy (non-hydrogen) atoms. The molecule has 7 heteroatoms. The highest BCUT2D eigenvalue weighted by atomic mass is 35.5. The lowest BCUT2D eigenvalue weighted by Gasteiger charge is -2.15. The molecular formula is C18H23ClN2O3S. The summed E-state index contributed by atoms with van der Waals surface area (Å²) in [4.78, 5) is 13.0. The van der Waals surface area contributed by atoms with Crippen LogP contribution in [0.15, 0.2) is 36.4 Å². The van der Waals surface area contributed by atoms with Gasteiger partial charge in [-0.25, -0.2) is 4.79 Å². The molecule has 1 aromatic heterocycles. The maximum absolute atomic E-state index is 12.0. The van der Waals surface area contributed by atoms with Crippen LogP contribution >= 0.6 is 22.9 Å². The number of thiophene rings is 1. The molecule has 0 spiro atoms. The van der Waals surface area contributed by atoms with E-state index in [0.717, 1.165) is 23.5 Å². The highest BCUT2D eigenvalue weighted by Crippen LogP contribution is 2.28. The van der Waals surface area contributed by atoms with Crippen molar-refractivity contribution in [3.63, 3.8) is 0 Å². The van der Waals surface area contributed by atoms with Gasteiger partial charge in [0.1, 0.15) is 11.9 Å². The predicted octanol–water partition coefficient (Wildman–Crippen LogP) is 5.09. The van der Waals surface area contributed by atoms with Crippen molar-refractivity contribution in [2.75, 3.05) is 25.6 Å². The number of nitrogens with one attached hydrogen (secondary N) is 2. The molecule has 2 N–H and O–H groups in total. The smallest absolute Gasteiger partial charge is 0.319 e. The summed E-state index contributed by atoms with van der Waals surface area (Å²) in [6.07, 6.45) is 1.90. The summed E-state index contributed by atoms with van der Waals surface area (Å²) in [5.41, 5.74) is 0.702. The molecule has 2 rings (SSSR count). The van der Waals surface area contributed by atoms with E-state index in [9.17, 15) is 4.79 Å². The molecule has 2 amide bonds. The standard InChI is InChI=1S/C18H23ClN2O3S/c1-3-4-11-24-14-7-5-13(6-8-14)21-18(22)20-12-15(23-2)16-9-10-17(19)25-16/h5-10,15H,3-4,11-12H2,1-2H3,(H2,20,21,22). The van der Waals surface area contributed by atoms with Crippen molar-refractivity contribution in [2.24, 2.45) is 0 Å². The Morgan fingerprint density at radius 3 is 2.60 bits per heavy atom. The number of unbranched alkanes of at least 4 members (excludes halogenated alkanes) is 1. The van der Waals surface area contributed by atoms with E-state index < -0.39 is 0 Å². The minimum absolute atomic E-state index is 0.224. The van der Waals surface area contributed by atoms with Crippen molar-refractivity contribution in [3.05, 3.63) is 45.6 Å². The fourth-order valence-corrected chi connectivity index (χ4v) is 3.27. The van der Waals surface area contributed by atoms with E-state index in [1.165, 1.54) is 11.3 Å². The molecule has 1 unspecified atom stereocenters. The van der Waals surface area contributed by atoms with E-state index in [4.69, 9.17) is 21.1 Å². The highest BCUT2D eigenvalue weighted by Gasteiger charge is 2.14. The second kappa shape index (κ2) is 10.3. The number of anilines is 1. The molecule has 1 atom stereocenters. The normalized spacial score (nSPS) is 11.8. The van der Waals surface area contributed by atoms with Crippen molar-refractivity contribution in [2.45, 2.75) is 25.9 Å². The molecule has 0 bridgehead atoms. The van der Waals surface area contributed by atoms with Crippen LogP contribution in [0.3, 0.4) is 0 Å². The summed E-state index contributed by atoms with van der Waals surface area (Å²) < 4.78 is 11.7. The average molecular weight is 383 g/mol. The average Bonchev–Trinajstić information content (AvgIpc) is 3.03. The van der Waals surface area contributed by atoms with E-state index >= 15 is 0 Å². The molecule has 136 valence electrons. The molecule has 2 aromatic rings. The molecule has 1 heterocycles. The lowest BCUT2D eigenvalue weighted by Crippen LogP contribution is -2.32. The lowest BCUT2D eigenvalue weighted by atomic mass is 10.3. The van der Waals surface area contributed by atoms with E-state index in [2.05, 4.69) is 17.6 Å². The molecule has 0 aliphatic carbocycles. The molecule has 0 saturated heterocycles. The van der Waals surface area contributed by atoms with Gasteiger partial charge in [0.05, 0.1) is 17.5 Å². The minimum Gasteiger partial charge on any atom is -0.494 e.